The van der Waals surface area contributed by atoms with Gasteiger partial charge in [0.25, 0.3) is 0 Å². The molecule has 0 spiro atoms. The maximum absolute atomic E-state index is 11.6. The topological polar surface area (TPSA) is 74.6 Å². The van der Waals surface area contributed by atoms with E-state index in [2.05, 4.69) is 0 Å². The Balaban J connectivity index is 2.81. The van der Waals surface area contributed by atoms with Gasteiger partial charge in [-0.2, -0.15) is 0 Å². The number of carbonyl (C=O) groups is 2. The average Bonchev–Trinajstić information content (AvgIpc) is 2.40. The van der Waals surface area contributed by atoms with Gasteiger partial charge in [0.1, 0.15) is 0 Å². The molecule has 2 rings (SSSR count). The summed E-state index contributed by atoms with van der Waals surface area (Å²) in [5.74, 6) is -2.24. The standard InChI is InChI=1S/C17H16O4/c1-9-5-4-6-12(10(9)2)14-8-7-13(16(18)19)11(3)15(14)17(20)21/h4-8H,1-3H3,(H,18,19)(H,20,21). The summed E-state index contributed by atoms with van der Waals surface area (Å²) in [6.45, 7) is 5.41. The first kappa shape index (κ1) is 14.8. The first-order valence-corrected chi connectivity index (χ1v) is 6.51. The predicted octanol–water partition coefficient (Wildman–Crippen LogP) is 3.68. The zero-order valence-electron chi connectivity index (χ0n) is 12.1. The minimum Gasteiger partial charge on any atom is -0.478 e. The SMILES string of the molecule is Cc1cccc(-c2ccc(C(=O)O)c(C)c2C(=O)O)c1C. The lowest BCUT2D eigenvalue weighted by Gasteiger charge is -2.14. The van der Waals surface area contributed by atoms with E-state index in [1.165, 1.54) is 13.0 Å². The van der Waals surface area contributed by atoms with Crippen LogP contribution in [0.2, 0.25) is 0 Å². The van der Waals surface area contributed by atoms with Crippen LogP contribution in [0.4, 0.5) is 0 Å². The van der Waals surface area contributed by atoms with Gasteiger partial charge in [-0.25, -0.2) is 9.59 Å². The molecule has 0 heterocycles. The third kappa shape index (κ3) is 2.52. The first-order chi connectivity index (χ1) is 9.84. The van der Waals surface area contributed by atoms with E-state index in [1.54, 1.807) is 6.07 Å². The van der Waals surface area contributed by atoms with Crippen molar-refractivity contribution in [2.45, 2.75) is 20.8 Å². The van der Waals surface area contributed by atoms with Crippen molar-refractivity contribution in [1.29, 1.82) is 0 Å². The smallest absolute Gasteiger partial charge is 0.336 e. The number of carboxylic acid groups (broad SMARTS) is 2. The maximum Gasteiger partial charge on any atom is 0.336 e. The number of carboxylic acids is 2. The van der Waals surface area contributed by atoms with Crippen molar-refractivity contribution in [3.63, 3.8) is 0 Å². The molecule has 0 aliphatic heterocycles. The van der Waals surface area contributed by atoms with Gasteiger partial charge in [-0.15, -0.1) is 0 Å². The van der Waals surface area contributed by atoms with E-state index in [0.717, 1.165) is 16.7 Å². The van der Waals surface area contributed by atoms with Gasteiger partial charge in [-0.1, -0.05) is 24.3 Å². The van der Waals surface area contributed by atoms with E-state index < -0.39 is 11.9 Å². The molecule has 0 bridgehead atoms. The molecule has 4 heteroatoms. The Morgan fingerprint density at radius 2 is 1.48 bits per heavy atom. The summed E-state index contributed by atoms with van der Waals surface area (Å²) in [5.41, 5.74) is 3.74. The van der Waals surface area contributed by atoms with Crippen molar-refractivity contribution in [3.8, 4) is 11.1 Å². The van der Waals surface area contributed by atoms with E-state index in [0.29, 0.717) is 5.56 Å². The summed E-state index contributed by atoms with van der Waals surface area (Å²) in [4.78, 5) is 22.8. The molecule has 0 amide bonds. The molecule has 0 saturated carbocycles. The fraction of sp³-hybridized carbons (Fsp3) is 0.176. The zero-order chi connectivity index (χ0) is 15.7. The van der Waals surface area contributed by atoms with Crippen molar-refractivity contribution in [2.24, 2.45) is 0 Å². The number of aryl methyl sites for hydroxylation is 1. The Morgan fingerprint density at radius 1 is 0.810 bits per heavy atom. The molecule has 2 aromatic rings. The Labute approximate surface area is 122 Å². The van der Waals surface area contributed by atoms with Crippen LogP contribution in [-0.4, -0.2) is 22.2 Å². The van der Waals surface area contributed by atoms with Gasteiger partial charge in [-0.3, -0.25) is 0 Å². The second-order valence-electron chi connectivity index (χ2n) is 5.02. The summed E-state index contributed by atoms with van der Waals surface area (Å²) in [7, 11) is 0. The van der Waals surface area contributed by atoms with Crippen LogP contribution in [0.25, 0.3) is 11.1 Å². The number of hydrogen-bond acceptors (Lipinski definition) is 2. The van der Waals surface area contributed by atoms with E-state index in [4.69, 9.17) is 5.11 Å². The average molecular weight is 284 g/mol. The number of benzene rings is 2. The lowest BCUT2D eigenvalue weighted by atomic mass is 9.89. The molecule has 0 saturated heterocycles. The molecule has 108 valence electrons. The lowest BCUT2D eigenvalue weighted by molar-refractivity contribution is 0.0696. The van der Waals surface area contributed by atoms with Crippen molar-refractivity contribution in [3.05, 3.63) is 58.1 Å². The molecule has 0 fully saturated rings. The van der Waals surface area contributed by atoms with E-state index in [1.807, 2.05) is 32.0 Å². The summed E-state index contributed by atoms with van der Waals surface area (Å²) in [5, 5.41) is 18.6. The highest BCUT2D eigenvalue weighted by Crippen LogP contribution is 2.31. The molecule has 0 aromatic heterocycles. The predicted molar refractivity (Wildman–Crippen MR) is 80.0 cm³/mol. The third-order valence-electron chi connectivity index (χ3n) is 3.80. The largest absolute Gasteiger partial charge is 0.478 e. The van der Waals surface area contributed by atoms with Gasteiger partial charge >= 0.3 is 11.9 Å². The zero-order valence-corrected chi connectivity index (χ0v) is 12.1. The van der Waals surface area contributed by atoms with Crippen LogP contribution in [0, 0.1) is 20.8 Å². The molecule has 21 heavy (non-hydrogen) atoms. The Morgan fingerprint density at radius 3 is 2.05 bits per heavy atom. The summed E-state index contributed by atoms with van der Waals surface area (Å²) >= 11 is 0. The molecule has 0 radical (unpaired) electrons. The van der Waals surface area contributed by atoms with Gasteiger partial charge in [-0.05, 0) is 54.7 Å². The van der Waals surface area contributed by atoms with Crippen molar-refractivity contribution >= 4 is 11.9 Å². The first-order valence-electron chi connectivity index (χ1n) is 6.51. The minimum atomic E-state index is -1.12. The molecule has 0 aliphatic carbocycles. The molecular weight excluding hydrogens is 268 g/mol. The highest BCUT2D eigenvalue weighted by atomic mass is 16.4. The molecule has 2 aromatic carbocycles. The maximum atomic E-state index is 11.6. The molecular formula is C17H16O4. The van der Waals surface area contributed by atoms with Gasteiger partial charge in [0.2, 0.25) is 0 Å². The molecule has 0 atom stereocenters. The van der Waals surface area contributed by atoms with Crippen molar-refractivity contribution in [1.82, 2.24) is 0 Å². The quantitative estimate of drug-likeness (QED) is 0.901. The van der Waals surface area contributed by atoms with Gasteiger partial charge < -0.3 is 10.2 Å². The van der Waals surface area contributed by atoms with Crippen molar-refractivity contribution in [2.75, 3.05) is 0 Å². The highest BCUT2D eigenvalue weighted by molar-refractivity contribution is 6.02. The van der Waals surface area contributed by atoms with Gasteiger partial charge in [0.15, 0.2) is 0 Å². The summed E-state index contributed by atoms with van der Waals surface area (Å²) in [6, 6.07) is 8.70. The second-order valence-corrected chi connectivity index (χ2v) is 5.02. The van der Waals surface area contributed by atoms with Crippen LogP contribution >= 0.6 is 0 Å². The Bertz CT molecular complexity index is 745. The van der Waals surface area contributed by atoms with Crippen LogP contribution in [-0.2, 0) is 0 Å². The monoisotopic (exact) mass is 284 g/mol. The van der Waals surface area contributed by atoms with E-state index >= 15 is 0 Å². The van der Waals surface area contributed by atoms with Gasteiger partial charge in [0.05, 0.1) is 11.1 Å². The fourth-order valence-corrected chi connectivity index (χ4v) is 2.49. The Kier molecular flexibility index (Phi) is 3.80. The highest BCUT2D eigenvalue weighted by Gasteiger charge is 2.21. The molecule has 2 N–H and O–H groups in total. The van der Waals surface area contributed by atoms with Crippen LogP contribution in [0.5, 0.6) is 0 Å². The minimum absolute atomic E-state index is 0.0152. The normalized spacial score (nSPS) is 10.4. The third-order valence-corrected chi connectivity index (χ3v) is 3.80. The summed E-state index contributed by atoms with van der Waals surface area (Å²) < 4.78 is 0. The van der Waals surface area contributed by atoms with E-state index in [9.17, 15) is 14.7 Å². The molecule has 0 unspecified atom stereocenters. The van der Waals surface area contributed by atoms with Gasteiger partial charge in [0, 0.05) is 0 Å². The fourth-order valence-electron chi connectivity index (χ4n) is 2.49. The molecule has 0 aliphatic rings. The Hall–Kier alpha value is -2.62. The number of rotatable bonds is 3. The van der Waals surface area contributed by atoms with Crippen LogP contribution in [0.1, 0.15) is 37.4 Å². The van der Waals surface area contributed by atoms with Crippen LogP contribution < -0.4 is 0 Å². The van der Waals surface area contributed by atoms with E-state index in [-0.39, 0.29) is 16.7 Å². The number of hydrogen-bond donors (Lipinski definition) is 2. The van der Waals surface area contributed by atoms with Crippen LogP contribution in [0.3, 0.4) is 0 Å². The summed E-state index contributed by atoms with van der Waals surface area (Å²) in [6.07, 6.45) is 0. The van der Waals surface area contributed by atoms with Crippen molar-refractivity contribution < 1.29 is 19.8 Å². The number of aromatic carboxylic acids is 2. The lowest BCUT2D eigenvalue weighted by Crippen LogP contribution is -2.09. The van der Waals surface area contributed by atoms with Crippen LogP contribution in [0.15, 0.2) is 30.3 Å². The second kappa shape index (κ2) is 5.40. The molecule has 4 nitrogen and oxygen atoms in total.